The summed E-state index contributed by atoms with van der Waals surface area (Å²) in [4.78, 5) is 0. The number of hydrogen-bond donors (Lipinski definition) is 1. The van der Waals surface area contributed by atoms with Crippen molar-refractivity contribution in [3.05, 3.63) is 107 Å². The Kier molecular flexibility index (Phi) is 6.63. The fourth-order valence-corrected chi connectivity index (χ4v) is 4.02. The average molecular weight is 408 g/mol. The first-order chi connectivity index (χ1) is 14.3. The summed E-state index contributed by atoms with van der Waals surface area (Å²) in [7, 11) is 0. The summed E-state index contributed by atoms with van der Waals surface area (Å²) in [5.74, 6) is 0. The topological polar surface area (TPSA) is 30.5 Å². The quantitative estimate of drug-likeness (QED) is 0.574. The second-order valence-corrected chi connectivity index (χ2v) is 7.85. The van der Waals surface area contributed by atoms with Crippen molar-refractivity contribution in [2.24, 2.45) is 0 Å². The zero-order valence-electron chi connectivity index (χ0n) is 16.4. The molecule has 1 N–H and O–H groups in total. The summed E-state index contributed by atoms with van der Waals surface area (Å²) in [6.07, 6.45) is 0.724. The minimum Gasteiger partial charge on any atom is -0.369 e. The number of benzene rings is 3. The highest BCUT2D eigenvalue weighted by atomic mass is 35.5. The van der Waals surface area contributed by atoms with E-state index in [-0.39, 0.29) is 6.10 Å². The van der Waals surface area contributed by atoms with E-state index >= 15 is 0 Å². The third kappa shape index (κ3) is 4.88. The maximum atomic E-state index is 6.68. The van der Waals surface area contributed by atoms with Gasteiger partial charge in [-0.25, -0.2) is 0 Å². The first-order valence-corrected chi connectivity index (χ1v) is 10.4. The van der Waals surface area contributed by atoms with E-state index in [1.807, 2.05) is 48.5 Å². The molecule has 0 saturated carbocycles. The Hall–Kier alpha value is -2.17. The van der Waals surface area contributed by atoms with Gasteiger partial charge in [0.25, 0.3) is 0 Å². The smallest absolute Gasteiger partial charge is 0.122 e. The number of hydrogen-bond acceptors (Lipinski definition) is 3. The molecule has 3 nitrogen and oxygen atoms in total. The minimum atomic E-state index is -0.527. The van der Waals surface area contributed by atoms with E-state index in [2.05, 4.69) is 41.7 Å². The summed E-state index contributed by atoms with van der Waals surface area (Å²) >= 11 is 6.16. The molecule has 1 heterocycles. The molecular weight excluding hydrogens is 382 g/mol. The number of ether oxygens (including phenoxy) is 2. The van der Waals surface area contributed by atoms with E-state index in [0.717, 1.165) is 41.2 Å². The van der Waals surface area contributed by atoms with Crippen LogP contribution in [0.2, 0.25) is 5.02 Å². The van der Waals surface area contributed by atoms with Crippen LogP contribution in [0, 0.1) is 0 Å². The van der Waals surface area contributed by atoms with Crippen LogP contribution in [0.3, 0.4) is 0 Å². The summed E-state index contributed by atoms with van der Waals surface area (Å²) < 4.78 is 13.1. The van der Waals surface area contributed by atoms with Crippen LogP contribution in [0.5, 0.6) is 0 Å². The third-order valence-electron chi connectivity index (χ3n) is 5.49. The fourth-order valence-electron chi connectivity index (χ4n) is 3.89. The summed E-state index contributed by atoms with van der Waals surface area (Å²) in [5, 5.41) is 4.20. The van der Waals surface area contributed by atoms with E-state index in [9.17, 15) is 0 Å². The van der Waals surface area contributed by atoms with Crippen molar-refractivity contribution in [3.63, 3.8) is 0 Å². The molecule has 0 bridgehead atoms. The van der Waals surface area contributed by atoms with Crippen LogP contribution in [0.1, 0.15) is 23.1 Å². The van der Waals surface area contributed by atoms with E-state index < -0.39 is 5.60 Å². The van der Waals surface area contributed by atoms with Crippen LogP contribution in [-0.4, -0.2) is 19.2 Å². The van der Waals surface area contributed by atoms with Crippen LogP contribution in [0.4, 0.5) is 0 Å². The zero-order valence-corrected chi connectivity index (χ0v) is 17.1. The second-order valence-electron chi connectivity index (χ2n) is 7.41. The first kappa shape index (κ1) is 20.1. The Balaban J connectivity index is 1.61. The van der Waals surface area contributed by atoms with Gasteiger partial charge in [0.1, 0.15) is 11.7 Å². The molecule has 0 radical (unpaired) electrons. The number of nitrogens with one attached hydrogen (secondary N) is 1. The van der Waals surface area contributed by atoms with Crippen molar-refractivity contribution in [2.75, 3.05) is 13.1 Å². The first-order valence-electron chi connectivity index (χ1n) is 10.1. The van der Waals surface area contributed by atoms with Gasteiger partial charge in [0, 0.05) is 11.6 Å². The van der Waals surface area contributed by atoms with Crippen LogP contribution in [-0.2, 0) is 28.3 Å². The molecule has 29 heavy (non-hydrogen) atoms. The monoisotopic (exact) mass is 407 g/mol. The van der Waals surface area contributed by atoms with Crippen LogP contribution in [0.15, 0.2) is 84.9 Å². The van der Waals surface area contributed by atoms with Gasteiger partial charge in [0.2, 0.25) is 0 Å². The van der Waals surface area contributed by atoms with Gasteiger partial charge in [-0.3, -0.25) is 0 Å². The van der Waals surface area contributed by atoms with E-state index in [1.165, 1.54) is 0 Å². The minimum absolute atomic E-state index is 0.110. The Morgan fingerprint density at radius 1 is 0.828 bits per heavy atom. The van der Waals surface area contributed by atoms with Crippen LogP contribution < -0.4 is 5.32 Å². The van der Waals surface area contributed by atoms with E-state index in [1.54, 1.807) is 0 Å². The molecular formula is C25H26ClNO2. The highest BCUT2D eigenvalue weighted by Gasteiger charge is 2.44. The molecule has 1 saturated heterocycles. The number of piperidine rings is 1. The molecule has 2 atom stereocenters. The largest absolute Gasteiger partial charge is 0.369 e. The summed E-state index contributed by atoms with van der Waals surface area (Å²) in [6, 6.07) is 28.6. The normalized spacial score (nSPS) is 21.8. The van der Waals surface area contributed by atoms with E-state index in [0.29, 0.717) is 13.2 Å². The molecule has 4 heteroatoms. The predicted molar refractivity (Wildman–Crippen MR) is 117 cm³/mol. The third-order valence-corrected chi connectivity index (χ3v) is 5.74. The maximum absolute atomic E-state index is 6.68. The Labute approximate surface area is 177 Å². The molecule has 3 aromatic carbocycles. The molecule has 4 rings (SSSR count). The Bertz CT molecular complexity index is 886. The van der Waals surface area contributed by atoms with Crippen molar-refractivity contribution in [1.29, 1.82) is 0 Å². The molecule has 1 fully saturated rings. The molecule has 1 aliphatic heterocycles. The number of rotatable bonds is 7. The molecule has 0 spiro atoms. The van der Waals surface area contributed by atoms with Gasteiger partial charge >= 0.3 is 0 Å². The van der Waals surface area contributed by atoms with Crippen molar-refractivity contribution >= 4 is 11.6 Å². The molecule has 0 aromatic heterocycles. The standard InChI is InChI=1S/C25H26ClNO2/c26-23-13-11-22(12-14-23)25(29-19-21-9-5-2-6-10-21)15-16-27-17-24(25)28-18-20-7-3-1-4-8-20/h1-14,24,27H,15-19H2. The molecule has 2 unspecified atom stereocenters. The molecule has 0 aliphatic carbocycles. The van der Waals surface area contributed by atoms with Gasteiger partial charge in [-0.2, -0.15) is 0 Å². The highest BCUT2D eigenvalue weighted by molar-refractivity contribution is 6.30. The summed E-state index contributed by atoms with van der Waals surface area (Å²) in [6.45, 7) is 2.71. The molecule has 150 valence electrons. The van der Waals surface area contributed by atoms with Crippen molar-refractivity contribution in [2.45, 2.75) is 31.3 Å². The van der Waals surface area contributed by atoms with Gasteiger partial charge in [0.15, 0.2) is 0 Å². The Morgan fingerprint density at radius 3 is 2.10 bits per heavy atom. The van der Waals surface area contributed by atoms with Crippen LogP contribution in [0.25, 0.3) is 0 Å². The highest BCUT2D eigenvalue weighted by Crippen LogP contribution is 2.38. The summed E-state index contributed by atoms with van der Waals surface area (Å²) in [5.41, 5.74) is 2.89. The van der Waals surface area contributed by atoms with Crippen molar-refractivity contribution < 1.29 is 9.47 Å². The second kappa shape index (κ2) is 9.55. The number of halogens is 1. The fraction of sp³-hybridized carbons (Fsp3) is 0.280. The van der Waals surface area contributed by atoms with Gasteiger partial charge in [-0.1, -0.05) is 84.4 Å². The lowest BCUT2D eigenvalue weighted by atomic mass is 9.82. The lowest BCUT2D eigenvalue weighted by molar-refractivity contribution is -0.176. The van der Waals surface area contributed by atoms with Gasteiger partial charge in [-0.15, -0.1) is 0 Å². The SMILES string of the molecule is Clc1ccc(C2(OCc3ccccc3)CCNCC2OCc2ccccc2)cc1. The Morgan fingerprint density at radius 2 is 1.45 bits per heavy atom. The molecule has 1 aliphatic rings. The molecule has 0 amide bonds. The maximum Gasteiger partial charge on any atom is 0.122 e. The lowest BCUT2D eigenvalue weighted by Gasteiger charge is -2.44. The van der Waals surface area contributed by atoms with Gasteiger partial charge in [0.05, 0.1) is 13.2 Å². The van der Waals surface area contributed by atoms with Crippen molar-refractivity contribution in [1.82, 2.24) is 5.32 Å². The lowest BCUT2D eigenvalue weighted by Crippen LogP contribution is -2.54. The van der Waals surface area contributed by atoms with Gasteiger partial charge in [-0.05, 0) is 41.8 Å². The average Bonchev–Trinajstić information content (AvgIpc) is 2.79. The zero-order chi connectivity index (χ0) is 19.9. The predicted octanol–water partition coefficient (Wildman–Crippen LogP) is 5.33. The van der Waals surface area contributed by atoms with E-state index in [4.69, 9.17) is 21.1 Å². The van der Waals surface area contributed by atoms with Crippen molar-refractivity contribution in [3.8, 4) is 0 Å². The van der Waals surface area contributed by atoms with Crippen LogP contribution >= 0.6 is 11.6 Å². The van der Waals surface area contributed by atoms with Gasteiger partial charge < -0.3 is 14.8 Å². The molecule has 3 aromatic rings.